The minimum atomic E-state index is 0.778. The number of aromatic nitrogens is 1. The van der Waals surface area contributed by atoms with Crippen LogP contribution in [0.15, 0.2) is 33.3 Å². The van der Waals surface area contributed by atoms with Crippen molar-refractivity contribution in [3.05, 3.63) is 40.3 Å². The number of rotatable bonds is 6. The first-order valence-electron chi connectivity index (χ1n) is 7.17. The van der Waals surface area contributed by atoms with Gasteiger partial charge in [0.05, 0.1) is 6.20 Å². The lowest BCUT2D eigenvalue weighted by atomic mass is 10.1. The fourth-order valence-corrected chi connectivity index (χ4v) is 2.76. The van der Waals surface area contributed by atoms with E-state index in [1.54, 1.807) is 0 Å². The molecule has 1 aliphatic carbocycles. The van der Waals surface area contributed by atoms with Crippen LogP contribution >= 0.6 is 15.9 Å². The summed E-state index contributed by atoms with van der Waals surface area (Å²) in [5, 5.41) is 3.51. The molecule has 1 aromatic carbocycles. The van der Waals surface area contributed by atoms with Crippen molar-refractivity contribution >= 4 is 15.9 Å². The van der Waals surface area contributed by atoms with Gasteiger partial charge in [0.2, 0.25) is 0 Å². The van der Waals surface area contributed by atoms with Crippen LogP contribution in [0.1, 0.15) is 30.7 Å². The summed E-state index contributed by atoms with van der Waals surface area (Å²) in [7, 11) is 0. The molecule has 1 fully saturated rings. The second-order valence-electron chi connectivity index (χ2n) is 5.41. The Hall–Kier alpha value is -1.13. The van der Waals surface area contributed by atoms with Gasteiger partial charge in [-0.15, -0.1) is 0 Å². The highest BCUT2D eigenvalue weighted by Crippen LogP contribution is 2.27. The molecule has 1 N–H and O–H groups in total. The van der Waals surface area contributed by atoms with E-state index in [0.717, 1.165) is 47.1 Å². The number of oxazole rings is 1. The summed E-state index contributed by atoms with van der Waals surface area (Å²) in [4.78, 5) is 4.38. The minimum absolute atomic E-state index is 0.778. The van der Waals surface area contributed by atoms with Crippen LogP contribution in [0.25, 0.3) is 11.3 Å². The Morgan fingerprint density at radius 2 is 2.25 bits per heavy atom. The molecule has 0 radical (unpaired) electrons. The zero-order chi connectivity index (χ0) is 13.9. The summed E-state index contributed by atoms with van der Waals surface area (Å²) in [5.41, 5.74) is 2.31. The molecule has 0 aliphatic heterocycles. The predicted octanol–water partition coefficient (Wildman–Crippen LogP) is 4.10. The molecule has 0 unspecified atom stereocenters. The van der Waals surface area contributed by atoms with Gasteiger partial charge in [0.1, 0.15) is 0 Å². The smallest absolute Gasteiger partial charge is 0.194 e. The summed E-state index contributed by atoms with van der Waals surface area (Å²) in [6.07, 6.45) is 6.49. The highest BCUT2D eigenvalue weighted by Gasteiger charge is 2.19. The van der Waals surface area contributed by atoms with Crippen molar-refractivity contribution < 1.29 is 4.42 Å². The normalized spacial score (nSPS) is 14.7. The van der Waals surface area contributed by atoms with Crippen molar-refractivity contribution in [1.82, 2.24) is 10.3 Å². The van der Waals surface area contributed by atoms with Crippen LogP contribution in [0, 0.1) is 6.92 Å². The lowest BCUT2D eigenvalue weighted by Crippen LogP contribution is -2.17. The monoisotopic (exact) mass is 334 g/mol. The first-order valence-corrected chi connectivity index (χ1v) is 7.96. The van der Waals surface area contributed by atoms with Crippen molar-refractivity contribution in [2.45, 2.75) is 38.6 Å². The number of nitrogens with zero attached hydrogens (tertiary/aromatic N) is 1. The summed E-state index contributed by atoms with van der Waals surface area (Å²) < 4.78 is 6.95. The van der Waals surface area contributed by atoms with Gasteiger partial charge in [0.25, 0.3) is 0 Å². The van der Waals surface area contributed by atoms with Crippen LogP contribution in [0.3, 0.4) is 0 Å². The van der Waals surface area contributed by atoms with E-state index in [1.807, 2.05) is 12.3 Å². The van der Waals surface area contributed by atoms with Gasteiger partial charge < -0.3 is 9.73 Å². The third-order valence-electron chi connectivity index (χ3n) is 3.59. The second kappa shape index (κ2) is 6.10. The lowest BCUT2D eigenvalue weighted by Gasteiger charge is -2.02. The molecule has 106 valence electrons. The maximum Gasteiger partial charge on any atom is 0.194 e. The maximum atomic E-state index is 5.86. The average molecular weight is 335 g/mol. The number of hydrogen-bond donors (Lipinski definition) is 1. The van der Waals surface area contributed by atoms with Crippen molar-refractivity contribution in [2.75, 3.05) is 6.54 Å². The van der Waals surface area contributed by atoms with Crippen molar-refractivity contribution in [1.29, 1.82) is 0 Å². The summed E-state index contributed by atoms with van der Waals surface area (Å²) >= 11 is 3.48. The van der Waals surface area contributed by atoms with Crippen molar-refractivity contribution in [3.63, 3.8) is 0 Å². The van der Waals surface area contributed by atoms with Crippen LogP contribution in [0.2, 0.25) is 0 Å². The number of nitrogens with one attached hydrogen (secondary N) is 1. The van der Waals surface area contributed by atoms with Gasteiger partial charge in [-0.3, -0.25) is 0 Å². The zero-order valence-electron chi connectivity index (χ0n) is 11.7. The molecule has 0 spiro atoms. The third kappa shape index (κ3) is 3.49. The van der Waals surface area contributed by atoms with Crippen LogP contribution in [0.4, 0.5) is 0 Å². The highest BCUT2D eigenvalue weighted by atomic mass is 79.9. The summed E-state index contributed by atoms with van der Waals surface area (Å²) in [6, 6.07) is 6.97. The molecule has 3 nitrogen and oxygen atoms in total. The molecule has 1 heterocycles. The zero-order valence-corrected chi connectivity index (χ0v) is 13.2. The Bertz CT molecular complexity index is 590. The molecule has 1 aromatic heterocycles. The maximum absolute atomic E-state index is 5.86. The Balaban J connectivity index is 1.60. The summed E-state index contributed by atoms with van der Waals surface area (Å²) in [5.74, 6) is 1.69. The molecule has 0 saturated heterocycles. The highest BCUT2D eigenvalue weighted by molar-refractivity contribution is 9.10. The van der Waals surface area contributed by atoms with Crippen molar-refractivity contribution in [2.24, 2.45) is 0 Å². The number of aryl methyl sites for hydroxylation is 2. The molecule has 0 amide bonds. The Kier molecular flexibility index (Phi) is 4.22. The van der Waals surface area contributed by atoms with E-state index in [4.69, 9.17) is 4.42 Å². The van der Waals surface area contributed by atoms with Crippen LogP contribution in [-0.2, 0) is 6.42 Å². The molecule has 0 atom stereocenters. The van der Waals surface area contributed by atoms with E-state index in [1.165, 1.54) is 18.4 Å². The largest absolute Gasteiger partial charge is 0.441 e. The average Bonchev–Trinajstić information content (AvgIpc) is 3.13. The van der Waals surface area contributed by atoms with Gasteiger partial charge in [-0.25, -0.2) is 4.98 Å². The third-order valence-corrected chi connectivity index (χ3v) is 4.08. The molecule has 2 aromatic rings. The molecule has 4 heteroatoms. The molecule has 0 bridgehead atoms. The molecule has 1 aliphatic rings. The van der Waals surface area contributed by atoms with E-state index in [9.17, 15) is 0 Å². The Labute approximate surface area is 127 Å². The lowest BCUT2D eigenvalue weighted by molar-refractivity contribution is 0.491. The van der Waals surface area contributed by atoms with Crippen LogP contribution in [0.5, 0.6) is 0 Å². The number of halogens is 1. The second-order valence-corrected chi connectivity index (χ2v) is 6.33. The fourth-order valence-electron chi connectivity index (χ4n) is 2.29. The van der Waals surface area contributed by atoms with E-state index >= 15 is 0 Å². The molecular formula is C16H19BrN2O. The van der Waals surface area contributed by atoms with E-state index < -0.39 is 0 Å². The van der Waals surface area contributed by atoms with Crippen LogP contribution < -0.4 is 5.32 Å². The number of benzene rings is 1. The molecule has 20 heavy (non-hydrogen) atoms. The number of hydrogen-bond acceptors (Lipinski definition) is 3. The van der Waals surface area contributed by atoms with E-state index in [-0.39, 0.29) is 0 Å². The topological polar surface area (TPSA) is 38.1 Å². The molecule has 1 saturated carbocycles. The quantitative estimate of drug-likeness (QED) is 0.808. The fraction of sp³-hybridized carbons (Fsp3) is 0.438. The first kappa shape index (κ1) is 13.8. The van der Waals surface area contributed by atoms with Gasteiger partial charge in [0, 0.05) is 22.5 Å². The summed E-state index contributed by atoms with van der Waals surface area (Å²) in [6.45, 7) is 3.14. The Morgan fingerprint density at radius 3 is 3.00 bits per heavy atom. The van der Waals surface area contributed by atoms with Gasteiger partial charge in [-0.05, 0) is 56.5 Å². The Morgan fingerprint density at radius 1 is 1.40 bits per heavy atom. The van der Waals surface area contributed by atoms with Crippen molar-refractivity contribution in [3.8, 4) is 11.3 Å². The SMILES string of the molecule is Cc1cc(Br)ccc1-c1cnc(CCCNC2CC2)o1. The minimum Gasteiger partial charge on any atom is -0.441 e. The van der Waals surface area contributed by atoms with Gasteiger partial charge in [0.15, 0.2) is 11.7 Å². The van der Waals surface area contributed by atoms with Gasteiger partial charge in [-0.2, -0.15) is 0 Å². The predicted molar refractivity (Wildman–Crippen MR) is 83.7 cm³/mol. The van der Waals surface area contributed by atoms with E-state index in [2.05, 4.69) is 45.3 Å². The van der Waals surface area contributed by atoms with E-state index in [0.29, 0.717) is 0 Å². The molecular weight excluding hydrogens is 316 g/mol. The van der Waals surface area contributed by atoms with Crippen LogP contribution in [-0.4, -0.2) is 17.6 Å². The standard InChI is InChI=1S/C16H19BrN2O/c1-11-9-12(17)4-7-14(11)15-10-19-16(20-15)3-2-8-18-13-5-6-13/h4,7,9-10,13,18H,2-3,5-6,8H2,1H3. The first-order chi connectivity index (χ1) is 9.72. The van der Waals surface area contributed by atoms with Gasteiger partial charge >= 0.3 is 0 Å². The van der Waals surface area contributed by atoms with Gasteiger partial charge in [-0.1, -0.05) is 15.9 Å². The molecule has 3 rings (SSSR count).